The number of anilines is 3. The molecule has 1 saturated heterocycles. The predicted molar refractivity (Wildman–Crippen MR) is 91.1 cm³/mol. The van der Waals surface area contributed by atoms with Crippen LogP contribution in [-0.2, 0) is 0 Å². The second kappa shape index (κ2) is 6.64. The van der Waals surface area contributed by atoms with Crippen LogP contribution in [0, 0.1) is 6.92 Å². The summed E-state index contributed by atoms with van der Waals surface area (Å²) >= 11 is 0. The number of carbonyl (C=O) groups is 1. The highest BCUT2D eigenvalue weighted by Crippen LogP contribution is 2.23. The Bertz CT molecular complexity index is 693. The lowest BCUT2D eigenvalue weighted by Gasteiger charge is -2.27. The van der Waals surface area contributed by atoms with E-state index in [0.29, 0.717) is 5.82 Å². The summed E-state index contributed by atoms with van der Waals surface area (Å²) < 4.78 is 0. The van der Waals surface area contributed by atoms with Gasteiger partial charge in [0.1, 0.15) is 5.82 Å². The number of carbonyl (C=O) groups excluding carboxylic acids is 1. The van der Waals surface area contributed by atoms with Gasteiger partial charge in [-0.2, -0.15) is 0 Å². The van der Waals surface area contributed by atoms with Gasteiger partial charge in [-0.3, -0.25) is 4.79 Å². The predicted octanol–water partition coefficient (Wildman–Crippen LogP) is 2.62. The van der Waals surface area contributed by atoms with E-state index in [-0.39, 0.29) is 5.69 Å². The maximum absolute atomic E-state index is 11.6. The van der Waals surface area contributed by atoms with Gasteiger partial charge in [0.15, 0.2) is 11.5 Å². The van der Waals surface area contributed by atoms with E-state index in [1.807, 2.05) is 31.2 Å². The highest BCUT2D eigenvalue weighted by Gasteiger charge is 2.17. The molecule has 1 amide bonds. The summed E-state index contributed by atoms with van der Waals surface area (Å²) in [6.07, 6.45) is 5.18. The fraction of sp³-hybridized carbons (Fsp3) is 0.353. The van der Waals surface area contributed by atoms with Gasteiger partial charge < -0.3 is 16.0 Å². The Hall–Kier alpha value is -2.63. The smallest absolute Gasteiger partial charge is 0.271 e. The Labute approximate surface area is 135 Å². The molecular weight excluding hydrogens is 290 g/mol. The molecule has 3 N–H and O–H groups in total. The lowest BCUT2D eigenvalue weighted by Crippen LogP contribution is -2.30. The zero-order chi connectivity index (χ0) is 16.2. The van der Waals surface area contributed by atoms with Crippen molar-refractivity contribution in [1.82, 2.24) is 9.97 Å². The summed E-state index contributed by atoms with van der Waals surface area (Å²) in [7, 11) is 0. The minimum absolute atomic E-state index is 0.159. The van der Waals surface area contributed by atoms with E-state index in [1.54, 1.807) is 6.20 Å². The number of nitrogens with two attached hydrogens (primary N) is 1. The molecule has 1 aliphatic rings. The Balaban J connectivity index is 1.91. The van der Waals surface area contributed by atoms with E-state index in [2.05, 4.69) is 20.2 Å². The van der Waals surface area contributed by atoms with Crippen molar-refractivity contribution in [2.24, 2.45) is 5.73 Å². The maximum atomic E-state index is 11.6. The number of hydrogen-bond donors (Lipinski definition) is 2. The van der Waals surface area contributed by atoms with Gasteiger partial charge >= 0.3 is 0 Å². The highest BCUT2D eigenvalue weighted by atomic mass is 16.1. The number of nitrogens with one attached hydrogen (secondary N) is 1. The molecule has 23 heavy (non-hydrogen) atoms. The normalized spacial score (nSPS) is 14.6. The van der Waals surface area contributed by atoms with Gasteiger partial charge in [-0.25, -0.2) is 9.97 Å². The summed E-state index contributed by atoms with van der Waals surface area (Å²) in [6, 6.07) is 7.87. The molecule has 0 aliphatic carbocycles. The average molecular weight is 311 g/mol. The van der Waals surface area contributed by atoms with Gasteiger partial charge in [-0.1, -0.05) is 17.7 Å². The maximum Gasteiger partial charge on any atom is 0.271 e. The highest BCUT2D eigenvalue weighted by molar-refractivity contribution is 5.96. The first-order valence-corrected chi connectivity index (χ1v) is 7.89. The molecule has 1 aromatic carbocycles. The number of aryl methyl sites for hydroxylation is 1. The quantitative estimate of drug-likeness (QED) is 0.906. The largest absolute Gasteiger partial charge is 0.364 e. The van der Waals surface area contributed by atoms with Gasteiger partial charge in [-0.05, 0) is 38.3 Å². The number of benzene rings is 1. The fourth-order valence-corrected chi connectivity index (χ4v) is 2.70. The van der Waals surface area contributed by atoms with E-state index in [1.165, 1.54) is 12.0 Å². The standard InChI is InChI=1S/C17H21N5O/c1-12-5-7-13(8-6-12)20-17-15(16(18)23)19-11-14(21-17)22-9-3-2-4-10-22/h5-8,11H,2-4,9-10H2,1H3,(H2,18,23)(H,20,21). The zero-order valence-corrected chi connectivity index (χ0v) is 13.2. The Morgan fingerprint density at radius 1 is 1.17 bits per heavy atom. The summed E-state index contributed by atoms with van der Waals surface area (Å²) in [5.74, 6) is 0.603. The van der Waals surface area contributed by atoms with Gasteiger partial charge in [0.05, 0.1) is 6.20 Å². The molecule has 0 saturated carbocycles. The van der Waals surface area contributed by atoms with E-state index in [4.69, 9.17) is 5.73 Å². The van der Waals surface area contributed by atoms with Crippen molar-refractivity contribution in [3.8, 4) is 0 Å². The van der Waals surface area contributed by atoms with Gasteiger partial charge in [-0.15, -0.1) is 0 Å². The molecule has 0 bridgehead atoms. The SMILES string of the molecule is Cc1ccc(Nc2nc(N3CCCCC3)cnc2C(N)=O)cc1. The number of hydrogen-bond acceptors (Lipinski definition) is 5. The summed E-state index contributed by atoms with van der Waals surface area (Å²) in [4.78, 5) is 22.6. The second-order valence-corrected chi connectivity index (χ2v) is 5.83. The molecule has 0 atom stereocenters. The van der Waals surface area contributed by atoms with Crippen LogP contribution in [0.25, 0.3) is 0 Å². The molecular formula is C17H21N5O. The molecule has 1 fully saturated rings. The van der Waals surface area contributed by atoms with E-state index < -0.39 is 5.91 Å². The van der Waals surface area contributed by atoms with Crippen LogP contribution in [0.5, 0.6) is 0 Å². The Morgan fingerprint density at radius 2 is 1.87 bits per heavy atom. The van der Waals surface area contributed by atoms with E-state index in [0.717, 1.165) is 37.4 Å². The van der Waals surface area contributed by atoms with Crippen LogP contribution in [0.15, 0.2) is 30.5 Å². The average Bonchev–Trinajstić information content (AvgIpc) is 2.57. The van der Waals surface area contributed by atoms with Crippen molar-refractivity contribution in [2.75, 3.05) is 23.3 Å². The van der Waals surface area contributed by atoms with Crippen LogP contribution < -0.4 is 16.0 Å². The van der Waals surface area contributed by atoms with Crippen molar-refractivity contribution < 1.29 is 4.79 Å². The van der Waals surface area contributed by atoms with Crippen molar-refractivity contribution in [3.05, 3.63) is 41.7 Å². The first kappa shape index (κ1) is 15.3. The van der Waals surface area contributed by atoms with Crippen LogP contribution >= 0.6 is 0 Å². The third-order valence-corrected chi connectivity index (χ3v) is 3.99. The van der Waals surface area contributed by atoms with Crippen LogP contribution in [0.1, 0.15) is 35.3 Å². The number of nitrogens with zero attached hydrogens (tertiary/aromatic N) is 3. The minimum atomic E-state index is -0.586. The third kappa shape index (κ3) is 3.59. The molecule has 2 heterocycles. The number of rotatable bonds is 4. The number of amides is 1. The first-order chi connectivity index (χ1) is 11.1. The van der Waals surface area contributed by atoms with Crippen LogP contribution in [0.3, 0.4) is 0 Å². The molecule has 6 heteroatoms. The molecule has 2 aromatic rings. The second-order valence-electron chi connectivity index (χ2n) is 5.83. The molecule has 1 aliphatic heterocycles. The first-order valence-electron chi connectivity index (χ1n) is 7.89. The van der Waals surface area contributed by atoms with Crippen LogP contribution in [0.4, 0.5) is 17.3 Å². The van der Waals surface area contributed by atoms with Crippen molar-refractivity contribution >= 4 is 23.2 Å². The molecule has 0 radical (unpaired) electrons. The lowest BCUT2D eigenvalue weighted by atomic mass is 10.1. The number of piperidine rings is 1. The molecule has 0 spiro atoms. The molecule has 6 nitrogen and oxygen atoms in total. The van der Waals surface area contributed by atoms with Gasteiger partial charge in [0, 0.05) is 18.8 Å². The summed E-state index contributed by atoms with van der Waals surface area (Å²) in [6.45, 7) is 3.96. The minimum Gasteiger partial charge on any atom is -0.364 e. The van der Waals surface area contributed by atoms with E-state index >= 15 is 0 Å². The van der Waals surface area contributed by atoms with Crippen molar-refractivity contribution in [3.63, 3.8) is 0 Å². The van der Waals surface area contributed by atoms with Crippen molar-refractivity contribution in [1.29, 1.82) is 0 Å². The zero-order valence-electron chi connectivity index (χ0n) is 13.2. The van der Waals surface area contributed by atoms with E-state index in [9.17, 15) is 4.79 Å². The molecule has 1 aromatic heterocycles. The lowest BCUT2D eigenvalue weighted by molar-refractivity contribution is 0.0996. The topological polar surface area (TPSA) is 84.1 Å². The van der Waals surface area contributed by atoms with Gasteiger partial charge in [0.2, 0.25) is 0 Å². The number of aromatic nitrogens is 2. The van der Waals surface area contributed by atoms with Crippen LogP contribution in [-0.4, -0.2) is 29.0 Å². The monoisotopic (exact) mass is 311 g/mol. The number of primary amides is 1. The Morgan fingerprint density at radius 3 is 2.52 bits per heavy atom. The van der Waals surface area contributed by atoms with Gasteiger partial charge in [0.25, 0.3) is 5.91 Å². The molecule has 0 unspecified atom stereocenters. The van der Waals surface area contributed by atoms with Crippen molar-refractivity contribution in [2.45, 2.75) is 26.2 Å². The summed E-state index contributed by atoms with van der Waals surface area (Å²) in [5.41, 5.74) is 7.60. The van der Waals surface area contributed by atoms with Crippen LogP contribution in [0.2, 0.25) is 0 Å². The molecule has 120 valence electrons. The summed E-state index contributed by atoms with van der Waals surface area (Å²) in [5, 5.41) is 3.16. The Kier molecular flexibility index (Phi) is 4.41. The third-order valence-electron chi connectivity index (χ3n) is 3.99. The molecule has 3 rings (SSSR count). The fourth-order valence-electron chi connectivity index (χ4n) is 2.70.